The third-order valence-corrected chi connectivity index (χ3v) is 6.02. The number of rotatable bonds is 14. The topological polar surface area (TPSA) is 52.6 Å². The molecular formula is C24H44O4. The average Bonchev–Trinajstić information content (AvgIpc) is 2.70. The first-order valence-corrected chi connectivity index (χ1v) is 11.8. The van der Waals surface area contributed by atoms with Crippen molar-refractivity contribution in [3.05, 3.63) is 0 Å². The Hall–Kier alpha value is -1.06. The van der Waals surface area contributed by atoms with E-state index < -0.39 is 0 Å². The molecule has 4 heteroatoms. The molecule has 0 bridgehead atoms. The summed E-state index contributed by atoms with van der Waals surface area (Å²) in [5.74, 6) is 0.638. The molecule has 1 aliphatic rings. The minimum Gasteiger partial charge on any atom is -0.465 e. The van der Waals surface area contributed by atoms with Crippen LogP contribution >= 0.6 is 0 Å². The summed E-state index contributed by atoms with van der Waals surface area (Å²) in [5.41, 5.74) is 0. The van der Waals surface area contributed by atoms with E-state index in [0.29, 0.717) is 25.0 Å². The lowest BCUT2D eigenvalue weighted by Crippen LogP contribution is -2.29. The first-order chi connectivity index (χ1) is 13.5. The lowest BCUT2D eigenvalue weighted by molar-refractivity contribution is -0.156. The number of unbranched alkanes of at least 4 members (excludes halogenated alkanes) is 4. The Morgan fingerprint density at radius 1 is 0.714 bits per heavy atom. The van der Waals surface area contributed by atoms with Gasteiger partial charge in [0, 0.05) is 0 Å². The summed E-state index contributed by atoms with van der Waals surface area (Å²) in [6.45, 7) is 9.76. The van der Waals surface area contributed by atoms with Crippen molar-refractivity contribution in [1.82, 2.24) is 0 Å². The van der Waals surface area contributed by atoms with Gasteiger partial charge in [-0.25, -0.2) is 0 Å². The summed E-state index contributed by atoms with van der Waals surface area (Å²) < 4.78 is 11.1. The van der Waals surface area contributed by atoms with Gasteiger partial charge in [-0.15, -0.1) is 0 Å². The quantitative estimate of drug-likeness (QED) is 0.255. The van der Waals surface area contributed by atoms with Crippen LogP contribution in [0.4, 0.5) is 0 Å². The maximum absolute atomic E-state index is 12.3. The fraction of sp³-hybridized carbons (Fsp3) is 0.917. The second kappa shape index (κ2) is 14.9. The molecule has 0 radical (unpaired) electrons. The minimum absolute atomic E-state index is 0.0418. The molecule has 0 amide bonds. The minimum atomic E-state index is -0.0706. The van der Waals surface area contributed by atoms with Gasteiger partial charge in [0.25, 0.3) is 0 Å². The van der Waals surface area contributed by atoms with Crippen LogP contribution < -0.4 is 0 Å². The zero-order chi connectivity index (χ0) is 20.8. The Morgan fingerprint density at radius 3 is 1.39 bits per heavy atom. The predicted octanol–water partition coefficient (Wildman–Crippen LogP) is 6.31. The van der Waals surface area contributed by atoms with E-state index >= 15 is 0 Å². The van der Waals surface area contributed by atoms with E-state index in [0.717, 1.165) is 38.5 Å². The van der Waals surface area contributed by atoms with Gasteiger partial charge >= 0.3 is 11.9 Å². The molecule has 28 heavy (non-hydrogen) atoms. The van der Waals surface area contributed by atoms with Crippen molar-refractivity contribution in [2.45, 2.75) is 105 Å². The predicted molar refractivity (Wildman–Crippen MR) is 114 cm³/mol. The smallest absolute Gasteiger partial charge is 0.308 e. The van der Waals surface area contributed by atoms with E-state index in [4.69, 9.17) is 9.47 Å². The molecule has 2 atom stereocenters. The molecule has 0 saturated heterocycles. The zero-order valence-electron chi connectivity index (χ0n) is 18.8. The van der Waals surface area contributed by atoms with Crippen LogP contribution in [-0.4, -0.2) is 25.2 Å². The Kier molecular flexibility index (Phi) is 13.3. The van der Waals surface area contributed by atoms with Crippen molar-refractivity contribution < 1.29 is 19.1 Å². The Labute approximate surface area is 173 Å². The Balaban J connectivity index is 2.19. The van der Waals surface area contributed by atoms with E-state index in [9.17, 15) is 9.59 Å². The Bertz CT molecular complexity index is 386. The van der Waals surface area contributed by atoms with E-state index in [1.807, 2.05) is 0 Å². The van der Waals surface area contributed by atoms with Crippen molar-refractivity contribution in [3.8, 4) is 0 Å². The number of ether oxygens (including phenoxy) is 2. The molecule has 0 aliphatic heterocycles. The van der Waals surface area contributed by atoms with Crippen molar-refractivity contribution in [3.63, 3.8) is 0 Å². The first-order valence-electron chi connectivity index (χ1n) is 11.8. The molecule has 164 valence electrons. The van der Waals surface area contributed by atoms with Crippen LogP contribution in [0.2, 0.25) is 0 Å². The average molecular weight is 397 g/mol. The van der Waals surface area contributed by atoms with Gasteiger partial charge in [0.05, 0.1) is 25.0 Å². The highest BCUT2D eigenvalue weighted by atomic mass is 16.5. The largest absolute Gasteiger partial charge is 0.465 e. The summed E-state index contributed by atoms with van der Waals surface area (Å²) in [6, 6.07) is 0. The molecule has 1 rings (SSSR count). The highest BCUT2D eigenvalue weighted by Crippen LogP contribution is 2.31. The van der Waals surface area contributed by atoms with Crippen LogP contribution in [0.5, 0.6) is 0 Å². The fourth-order valence-electron chi connectivity index (χ4n) is 3.90. The summed E-state index contributed by atoms with van der Waals surface area (Å²) in [6.07, 6.45) is 12.6. The van der Waals surface area contributed by atoms with E-state index in [1.165, 1.54) is 38.5 Å². The Morgan fingerprint density at radius 2 is 1.07 bits per heavy atom. The van der Waals surface area contributed by atoms with Crippen LogP contribution in [0.25, 0.3) is 0 Å². The van der Waals surface area contributed by atoms with Gasteiger partial charge in [-0.05, 0) is 50.4 Å². The van der Waals surface area contributed by atoms with Crippen LogP contribution in [0, 0.1) is 23.7 Å². The van der Waals surface area contributed by atoms with Crippen LogP contribution in [0.1, 0.15) is 105 Å². The van der Waals surface area contributed by atoms with E-state index in [-0.39, 0.29) is 23.8 Å². The van der Waals surface area contributed by atoms with Gasteiger partial charge < -0.3 is 9.47 Å². The molecule has 4 nitrogen and oxygen atoms in total. The molecule has 2 unspecified atom stereocenters. The molecule has 0 aromatic carbocycles. The molecule has 0 aromatic heterocycles. The van der Waals surface area contributed by atoms with Gasteiger partial charge in [0.15, 0.2) is 0 Å². The molecule has 1 saturated carbocycles. The van der Waals surface area contributed by atoms with Gasteiger partial charge in [0.2, 0.25) is 0 Å². The molecule has 0 spiro atoms. The number of hydrogen-bond donors (Lipinski definition) is 0. The second-order valence-electron chi connectivity index (χ2n) is 9.01. The fourth-order valence-corrected chi connectivity index (χ4v) is 3.90. The monoisotopic (exact) mass is 396 g/mol. The van der Waals surface area contributed by atoms with Gasteiger partial charge in [-0.3, -0.25) is 9.59 Å². The highest BCUT2D eigenvalue weighted by Gasteiger charge is 2.31. The molecular weight excluding hydrogens is 352 g/mol. The van der Waals surface area contributed by atoms with Crippen LogP contribution in [-0.2, 0) is 19.1 Å². The molecule has 1 fully saturated rings. The van der Waals surface area contributed by atoms with Gasteiger partial charge in [-0.1, -0.05) is 66.2 Å². The third kappa shape index (κ3) is 10.5. The standard InChI is InChI=1S/C24H44O4/c1-5-7-9-11-19(3)17-27-23(25)21-13-15-22(16-14-21)24(26)28-18-20(4)12-10-8-6-2/h19-22H,5-18H2,1-4H3/t19?,20?,21-,22-. The molecule has 0 heterocycles. The SMILES string of the molecule is CCCCCC(C)COC(=O)[C@H]1CC[C@H](C(=O)OCC(C)CCCCC)CC1. The number of carbonyl (C=O) groups is 2. The maximum atomic E-state index is 12.3. The molecule has 0 N–H and O–H groups in total. The third-order valence-electron chi connectivity index (χ3n) is 6.02. The second-order valence-corrected chi connectivity index (χ2v) is 9.01. The first kappa shape index (κ1) is 25.0. The number of hydrogen-bond acceptors (Lipinski definition) is 4. The number of esters is 2. The maximum Gasteiger partial charge on any atom is 0.308 e. The molecule has 1 aliphatic carbocycles. The van der Waals surface area contributed by atoms with Gasteiger partial charge in [0.1, 0.15) is 0 Å². The summed E-state index contributed by atoms with van der Waals surface area (Å²) in [5, 5.41) is 0. The van der Waals surface area contributed by atoms with E-state index in [1.54, 1.807) is 0 Å². The van der Waals surface area contributed by atoms with Gasteiger partial charge in [-0.2, -0.15) is 0 Å². The summed E-state index contributed by atoms with van der Waals surface area (Å²) in [4.78, 5) is 24.6. The molecule has 0 aromatic rings. The van der Waals surface area contributed by atoms with Crippen molar-refractivity contribution in [1.29, 1.82) is 0 Å². The van der Waals surface area contributed by atoms with Crippen LogP contribution in [0.15, 0.2) is 0 Å². The lowest BCUT2D eigenvalue weighted by atomic mass is 9.82. The summed E-state index contributed by atoms with van der Waals surface area (Å²) in [7, 11) is 0. The van der Waals surface area contributed by atoms with E-state index in [2.05, 4.69) is 27.7 Å². The zero-order valence-corrected chi connectivity index (χ0v) is 18.8. The van der Waals surface area contributed by atoms with Crippen LogP contribution in [0.3, 0.4) is 0 Å². The van der Waals surface area contributed by atoms with Crippen molar-refractivity contribution >= 4 is 11.9 Å². The summed E-state index contributed by atoms with van der Waals surface area (Å²) >= 11 is 0. The number of carbonyl (C=O) groups excluding carboxylic acids is 2. The van der Waals surface area contributed by atoms with Crippen molar-refractivity contribution in [2.75, 3.05) is 13.2 Å². The van der Waals surface area contributed by atoms with Crippen molar-refractivity contribution in [2.24, 2.45) is 23.7 Å². The lowest BCUT2D eigenvalue weighted by Gasteiger charge is -2.26. The highest BCUT2D eigenvalue weighted by molar-refractivity contribution is 5.75. The normalized spacial score (nSPS) is 21.7.